The first-order valence-electron chi connectivity index (χ1n) is 3.20. The van der Waals surface area contributed by atoms with Crippen LogP contribution in [0.1, 0.15) is 0 Å². The summed E-state index contributed by atoms with van der Waals surface area (Å²) in [5.41, 5.74) is 0. The molecule has 1 aliphatic heterocycles. The van der Waals surface area contributed by atoms with E-state index in [1.165, 1.54) is 0 Å². The zero-order valence-electron chi connectivity index (χ0n) is 6.27. The van der Waals surface area contributed by atoms with Crippen LogP contribution in [0.4, 0.5) is 0 Å². The number of hydrogen-bond donors (Lipinski definition) is 4. The summed E-state index contributed by atoms with van der Waals surface area (Å²) in [4.78, 5) is 10.5. The zero-order valence-corrected chi connectivity index (χ0v) is 7.21. The van der Waals surface area contributed by atoms with E-state index in [1.807, 2.05) is 0 Å². The van der Waals surface area contributed by atoms with Crippen molar-refractivity contribution in [3.8, 4) is 0 Å². The molecule has 0 aromatic heterocycles. The van der Waals surface area contributed by atoms with Crippen molar-refractivity contribution in [1.29, 1.82) is 0 Å². The third-order valence-corrected chi connectivity index (χ3v) is 1.48. The van der Waals surface area contributed by atoms with Crippen LogP contribution in [0, 0.1) is 0 Å². The number of aliphatic hydroxyl groups is 4. The molecule has 1 heterocycles. The van der Waals surface area contributed by atoms with Crippen molar-refractivity contribution < 1.29 is 47.0 Å². The maximum atomic E-state index is 10.5. The van der Waals surface area contributed by atoms with Crippen molar-refractivity contribution in [2.24, 2.45) is 0 Å². The standard InChI is InChI=1S/C6H8O6.Cu/c7-1-2(8)5-3(9)4(10)6(11)12-5;/h2,5,7-10H,1H2;/t2-,5+;/m0./s1. The molecule has 7 heteroatoms. The summed E-state index contributed by atoms with van der Waals surface area (Å²) in [6.45, 7) is -0.671. The van der Waals surface area contributed by atoms with Gasteiger partial charge in [0.1, 0.15) is 6.10 Å². The Balaban J connectivity index is 0.00000144. The molecule has 0 saturated carbocycles. The van der Waals surface area contributed by atoms with Crippen LogP contribution in [0.3, 0.4) is 0 Å². The van der Waals surface area contributed by atoms with Gasteiger partial charge in [0.15, 0.2) is 11.9 Å². The van der Waals surface area contributed by atoms with Gasteiger partial charge < -0.3 is 25.2 Å². The molecule has 13 heavy (non-hydrogen) atoms. The van der Waals surface area contributed by atoms with E-state index in [-0.39, 0.29) is 17.1 Å². The van der Waals surface area contributed by atoms with Crippen molar-refractivity contribution in [2.75, 3.05) is 6.61 Å². The minimum Gasteiger partial charge on any atom is -0.505 e. The van der Waals surface area contributed by atoms with Gasteiger partial charge in [-0.15, -0.1) is 0 Å². The Kier molecular flexibility index (Phi) is 4.22. The zero-order chi connectivity index (χ0) is 9.30. The molecule has 0 aromatic carbocycles. The Morgan fingerprint density at radius 2 is 2.00 bits per heavy atom. The smallest absolute Gasteiger partial charge is 0.377 e. The number of carbonyl (C=O) groups is 1. The quantitative estimate of drug-likeness (QED) is 0.348. The summed E-state index contributed by atoms with van der Waals surface area (Å²) >= 11 is 0. The monoisotopic (exact) mass is 239 g/mol. The average Bonchev–Trinajstić information content (AvgIpc) is 2.32. The second-order valence-electron chi connectivity index (χ2n) is 2.31. The van der Waals surface area contributed by atoms with Crippen LogP contribution in [0.2, 0.25) is 0 Å². The Morgan fingerprint density at radius 1 is 1.46 bits per heavy atom. The first-order valence-corrected chi connectivity index (χ1v) is 3.20. The van der Waals surface area contributed by atoms with E-state index >= 15 is 0 Å². The fourth-order valence-electron chi connectivity index (χ4n) is 0.823. The fraction of sp³-hybridized carbons (Fsp3) is 0.500. The molecule has 0 aromatic rings. The maximum Gasteiger partial charge on any atom is 0.377 e. The van der Waals surface area contributed by atoms with E-state index in [4.69, 9.17) is 20.4 Å². The number of rotatable bonds is 2. The minimum absolute atomic E-state index is 0. The molecule has 6 nitrogen and oxygen atoms in total. The van der Waals surface area contributed by atoms with Gasteiger partial charge in [-0.2, -0.15) is 0 Å². The summed E-state index contributed by atoms with van der Waals surface area (Å²) in [5, 5.41) is 35.0. The molecule has 0 fully saturated rings. The van der Waals surface area contributed by atoms with Gasteiger partial charge in [-0.05, 0) is 0 Å². The molecule has 1 rings (SSSR count). The molecular weight excluding hydrogens is 232 g/mol. The van der Waals surface area contributed by atoms with Gasteiger partial charge in [0, 0.05) is 17.1 Å². The molecule has 2 atom stereocenters. The maximum absolute atomic E-state index is 10.5. The van der Waals surface area contributed by atoms with Gasteiger partial charge >= 0.3 is 5.97 Å². The predicted octanol–water partition coefficient (Wildman–Crippen LogP) is -1.41. The van der Waals surface area contributed by atoms with Crippen molar-refractivity contribution >= 4 is 5.97 Å². The fourth-order valence-corrected chi connectivity index (χ4v) is 0.823. The summed E-state index contributed by atoms with van der Waals surface area (Å²) < 4.78 is 4.32. The molecule has 0 spiro atoms. The van der Waals surface area contributed by atoms with Crippen LogP contribution >= 0.6 is 0 Å². The van der Waals surface area contributed by atoms with Gasteiger partial charge in [0.05, 0.1) is 6.61 Å². The van der Waals surface area contributed by atoms with Gasteiger partial charge in [-0.3, -0.25) is 0 Å². The van der Waals surface area contributed by atoms with Crippen LogP contribution in [0.15, 0.2) is 11.5 Å². The number of ether oxygens (including phenoxy) is 1. The number of aliphatic hydroxyl groups excluding tert-OH is 4. The van der Waals surface area contributed by atoms with Gasteiger partial charge in [0.25, 0.3) is 0 Å². The molecule has 0 amide bonds. The van der Waals surface area contributed by atoms with Crippen LogP contribution in [-0.2, 0) is 26.6 Å². The Labute approximate surface area is 83.9 Å². The van der Waals surface area contributed by atoms with E-state index in [0.29, 0.717) is 0 Å². The van der Waals surface area contributed by atoms with Crippen molar-refractivity contribution in [2.45, 2.75) is 12.2 Å². The average molecular weight is 240 g/mol. The molecule has 0 unspecified atom stereocenters. The van der Waals surface area contributed by atoms with Crippen molar-refractivity contribution in [3.63, 3.8) is 0 Å². The van der Waals surface area contributed by atoms with E-state index in [2.05, 4.69) is 4.74 Å². The van der Waals surface area contributed by atoms with Gasteiger partial charge in [0.2, 0.25) is 5.76 Å². The van der Waals surface area contributed by atoms with Crippen LogP contribution in [-0.4, -0.2) is 45.2 Å². The second-order valence-corrected chi connectivity index (χ2v) is 2.31. The normalized spacial score (nSPS) is 23.8. The van der Waals surface area contributed by atoms with Crippen LogP contribution in [0.25, 0.3) is 0 Å². The first kappa shape index (κ1) is 12.2. The molecule has 0 aliphatic carbocycles. The number of hydrogen-bond acceptors (Lipinski definition) is 6. The minimum atomic E-state index is -1.42. The number of carbonyl (C=O) groups excluding carboxylic acids is 1. The first-order chi connectivity index (χ1) is 5.57. The topological polar surface area (TPSA) is 107 Å². The SMILES string of the molecule is O=C1O[C@H]([C@@H](O)CO)C(O)=C1O.[Cu]. The number of cyclic esters (lactones) is 1. The third-order valence-electron chi connectivity index (χ3n) is 1.48. The van der Waals surface area contributed by atoms with E-state index < -0.39 is 36.3 Å². The van der Waals surface area contributed by atoms with Gasteiger partial charge in [-0.1, -0.05) is 0 Å². The van der Waals surface area contributed by atoms with Gasteiger partial charge in [-0.25, -0.2) is 4.79 Å². The summed E-state index contributed by atoms with van der Waals surface area (Å²) in [7, 11) is 0. The summed E-state index contributed by atoms with van der Waals surface area (Å²) in [5.74, 6) is -2.78. The molecule has 0 saturated heterocycles. The Hall–Kier alpha value is -0.751. The largest absolute Gasteiger partial charge is 0.505 e. The summed E-state index contributed by atoms with van der Waals surface area (Å²) in [6, 6.07) is 0. The Morgan fingerprint density at radius 3 is 2.31 bits per heavy atom. The van der Waals surface area contributed by atoms with Crippen molar-refractivity contribution in [1.82, 2.24) is 0 Å². The Bertz CT molecular complexity index is 237. The second kappa shape index (κ2) is 4.48. The predicted molar refractivity (Wildman–Crippen MR) is 35.3 cm³/mol. The summed E-state index contributed by atoms with van der Waals surface area (Å²) in [6.07, 6.45) is -2.78. The van der Waals surface area contributed by atoms with E-state index in [1.54, 1.807) is 0 Å². The van der Waals surface area contributed by atoms with E-state index in [9.17, 15) is 4.79 Å². The third kappa shape index (κ3) is 2.13. The van der Waals surface area contributed by atoms with Crippen LogP contribution in [0.5, 0.6) is 0 Å². The molecule has 4 N–H and O–H groups in total. The molecule has 0 bridgehead atoms. The molecule has 79 valence electrons. The van der Waals surface area contributed by atoms with Crippen molar-refractivity contribution in [3.05, 3.63) is 11.5 Å². The molecule has 1 radical (unpaired) electrons. The molecular formula is C6H8CuO6. The van der Waals surface area contributed by atoms with E-state index in [0.717, 1.165) is 0 Å². The van der Waals surface area contributed by atoms with Crippen LogP contribution < -0.4 is 0 Å². The molecule has 1 aliphatic rings. The number of esters is 1.